The van der Waals surface area contributed by atoms with Crippen molar-refractivity contribution in [1.29, 1.82) is 0 Å². The number of aromatic nitrogens is 1. The predicted molar refractivity (Wildman–Crippen MR) is 112 cm³/mol. The molecule has 142 valence electrons. The summed E-state index contributed by atoms with van der Waals surface area (Å²) in [6, 6.07) is 24.0. The lowest BCUT2D eigenvalue weighted by Crippen LogP contribution is -2.16. The van der Waals surface area contributed by atoms with Crippen molar-refractivity contribution < 1.29 is 8.42 Å². The van der Waals surface area contributed by atoms with Crippen LogP contribution in [-0.2, 0) is 22.8 Å². The van der Waals surface area contributed by atoms with Gasteiger partial charge in [-0.15, -0.1) is 0 Å². The Labute approximate surface area is 165 Å². The summed E-state index contributed by atoms with van der Waals surface area (Å²) in [7, 11) is -3.48. The van der Waals surface area contributed by atoms with E-state index in [1.807, 2.05) is 24.3 Å². The minimum Gasteiger partial charge on any atom is -0.361 e. The second-order valence-corrected chi connectivity index (χ2v) is 8.70. The first kappa shape index (κ1) is 18.5. The minimum absolute atomic E-state index is 0.319. The van der Waals surface area contributed by atoms with E-state index in [1.165, 1.54) is 10.9 Å². The molecule has 0 radical (unpaired) electrons. The Morgan fingerprint density at radius 2 is 1.57 bits per heavy atom. The van der Waals surface area contributed by atoms with Crippen LogP contribution in [0.3, 0.4) is 0 Å². The molecule has 0 aliphatic carbocycles. The summed E-state index contributed by atoms with van der Waals surface area (Å²) in [5.74, 6) is 0. The van der Waals surface area contributed by atoms with Gasteiger partial charge in [0.25, 0.3) is 0 Å². The van der Waals surface area contributed by atoms with Gasteiger partial charge in [0.1, 0.15) is 0 Å². The largest absolute Gasteiger partial charge is 0.361 e. The summed E-state index contributed by atoms with van der Waals surface area (Å²) in [6.45, 7) is 1.44. The lowest BCUT2D eigenvalue weighted by molar-refractivity contribution is 0.595. The summed E-state index contributed by atoms with van der Waals surface area (Å²) >= 11 is 0. The van der Waals surface area contributed by atoms with Gasteiger partial charge in [-0.25, -0.2) is 8.42 Å². The highest BCUT2D eigenvalue weighted by Gasteiger charge is 2.17. The summed E-state index contributed by atoms with van der Waals surface area (Å²) in [4.78, 5) is 3.94. The number of hydrogen-bond donors (Lipinski definition) is 2. The molecule has 0 fully saturated rings. The Kier molecular flexibility index (Phi) is 5.28. The van der Waals surface area contributed by atoms with E-state index in [0.29, 0.717) is 16.3 Å². The number of H-pyrrole nitrogens is 1. The Hall–Kier alpha value is -2.89. The van der Waals surface area contributed by atoms with Crippen molar-refractivity contribution in [3.8, 4) is 0 Å². The first-order valence-corrected chi connectivity index (χ1v) is 10.8. The second kappa shape index (κ2) is 8.00. The SMILES string of the molecule is O=S(=O)(c1ccccc1)c1cccc(CNCCc2c[nH]c3ccccc23)c1. The summed E-state index contributed by atoms with van der Waals surface area (Å²) < 4.78 is 25.5. The van der Waals surface area contributed by atoms with Crippen LogP contribution in [0.25, 0.3) is 10.9 Å². The number of hydrogen-bond acceptors (Lipinski definition) is 3. The Morgan fingerprint density at radius 1 is 0.821 bits per heavy atom. The van der Waals surface area contributed by atoms with Crippen LogP contribution in [0.4, 0.5) is 0 Å². The van der Waals surface area contributed by atoms with E-state index in [4.69, 9.17) is 0 Å². The zero-order chi connectivity index (χ0) is 19.4. The highest BCUT2D eigenvalue weighted by atomic mass is 32.2. The van der Waals surface area contributed by atoms with Crippen molar-refractivity contribution in [3.63, 3.8) is 0 Å². The lowest BCUT2D eigenvalue weighted by Gasteiger charge is -2.08. The van der Waals surface area contributed by atoms with Crippen LogP contribution in [-0.4, -0.2) is 19.9 Å². The molecule has 0 aliphatic rings. The predicted octanol–water partition coefficient (Wildman–Crippen LogP) is 4.33. The molecule has 0 saturated heterocycles. The van der Waals surface area contributed by atoms with Crippen LogP contribution in [0, 0.1) is 0 Å². The Bertz CT molecular complexity index is 1180. The first-order valence-electron chi connectivity index (χ1n) is 9.29. The van der Waals surface area contributed by atoms with Gasteiger partial charge < -0.3 is 10.3 Å². The van der Waals surface area contributed by atoms with Crippen LogP contribution < -0.4 is 5.32 Å². The van der Waals surface area contributed by atoms with Gasteiger partial charge in [0, 0.05) is 23.6 Å². The molecule has 0 aliphatic heterocycles. The Balaban J connectivity index is 1.40. The van der Waals surface area contributed by atoms with Crippen LogP contribution in [0.1, 0.15) is 11.1 Å². The van der Waals surface area contributed by atoms with Crippen molar-refractivity contribution in [3.05, 3.63) is 96.2 Å². The quantitative estimate of drug-likeness (QED) is 0.462. The van der Waals surface area contributed by atoms with Crippen LogP contribution in [0.2, 0.25) is 0 Å². The van der Waals surface area contributed by atoms with Crippen molar-refractivity contribution in [2.75, 3.05) is 6.54 Å². The standard InChI is InChI=1S/C23H22N2O2S/c26-28(27,20-8-2-1-3-9-20)21-10-6-7-18(15-21)16-24-14-13-19-17-25-23-12-5-4-11-22(19)23/h1-12,15,17,24-25H,13-14,16H2. The fourth-order valence-corrected chi connectivity index (χ4v) is 4.70. The highest BCUT2D eigenvalue weighted by molar-refractivity contribution is 7.91. The zero-order valence-corrected chi connectivity index (χ0v) is 16.2. The third-order valence-corrected chi connectivity index (χ3v) is 6.60. The maximum atomic E-state index is 12.8. The molecule has 5 heteroatoms. The summed E-state index contributed by atoms with van der Waals surface area (Å²) in [5, 5.41) is 4.66. The van der Waals surface area contributed by atoms with Gasteiger partial charge in [0.2, 0.25) is 9.84 Å². The van der Waals surface area contributed by atoms with Gasteiger partial charge >= 0.3 is 0 Å². The number of fused-ring (bicyclic) bond motifs is 1. The molecular weight excluding hydrogens is 368 g/mol. The Morgan fingerprint density at radius 3 is 2.43 bits per heavy atom. The molecule has 4 rings (SSSR count). The van der Waals surface area contributed by atoms with Gasteiger partial charge in [0.15, 0.2) is 0 Å². The van der Waals surface area contributed by atoms with E-state index in [1.54, 1.807) is 42.5 Å². The maximum absolute atomic E-state index is 12.8. The molecule has 0 atom stereocenters. The molecule has 28 heavy (non-hydrogen) atoms. The van der Waals surface area contributed by atoms with E-state index >= 15 is 0 Å². The molecule has 0 spiro atoms. The van der Waals surface area contributed by atoms with Crippen molar-refractivity contribution >= 4 is 20.7 Å². The van der Waals surface area contributed by atoms with Crippen LogP contribution in [0.15, 0.2) is 94.9 Å². The summed E-state index contributed by atoms with van der Waals surface area (Å²) in [6.07, 6.45) is 2.96. The summed E-state index contributed by atoms with van der Waals surface area (Å²) in [5.41, 5.74) is 3.38. The van der Waals surface area contributed by atoms with Gasteiger partial charge in [-0.1, -0.05) is 48.5 Å². The average molecular weight is 391 g/mol. The average Bonchev–Trinajstić information content (AvgIpc) is 3.15. The van der Waals surface area contributed by atoms with Crippen molar-refractivity contribution in [2.24, 2.45) is 0 Å². The topological polar surface area (TPSA) is 62.0 Å². The van der Waals surface area contributed by atoms with Crippen molar-refractivity contribution in [2.45, 2.75) is 22.8 Å². The minimum atomic E-state index is -3.48. The highest BCUT2D eigenvalue weighted by Crippen LogP contribution is 2.21. The third kappa shape index (κ3) is 3.86. The number of nitrogens with one attached hydrogen (secondary N) is 2. The van der Waals surface area contributed by atoms with E-state index < -0.39 is 9.84 Å². The molecule has 4 aromatic rings. The number of benzene rings is 3. The van der Waals surface area contributed by atoms with Crippen molar-refractivity contribution in [1.82, 2.24) is 10.3 Å². The second-order valence-electron chi connectivity index (χ2n) is 6.75. The molecule has 3 aromatic carbocycles. The maximum Gasteiger partial charge on any atom is 0.206 e. The van der Waals surface area contributed by atoms with E-state index in [-0.39, 0.29) is 0 Å². The van der Waals surface area contributed by atoms with Gasteiger partial charge in [-0.05, 0) is 54.4 Å². The smallest absolute Gasteiger partial charge is 0.206 e. The normalized spacial score (nSPS) is 11.7. The fourth-order valence-electron chi connectivity index (χ4n) is 3.35. The molecule has 0 unspecified atom stereocenters. The van der Waals surface area contributed by atoms with Crippen LogP contribution >= 0.6 is 0 Å². The van der Waals surface area contributed by atoms with Gasteiger partial charge in [0.05, 0.1) is 9.79 Å². The van der Waals surface area contributed by atoms with Gasteiger partial charge in [-0.3, -0.25) is 0 Å². The third-order valence-electron chi connectivity index (χ3n) is 4.84. The van der Waals surface area contributed by atoms with Crippen LogP contribution in [0.5, 0.6) is 0 Å². The molecule has 0 amide bonds. The van der Waals surface area contributed by atoms with E-state index in [9.17, 15) is 8.42 Å². The van der Waals surface area contributed by atoms with Gasteiger partial charge in [-0.2, -0.15) is 0 Å². The molecule has 4 nitrogen and oxygen atoms in total. The molecular formula is C23H22N2O2S. The van der Waals surface area contributed by atoms with E-state index in [2.05, 4.69) is 28.6 Å². The molecule has 2 N–H and O–H groups in total. The lowest BCUT2D eigenvalue weighted by atomic mass is 10.1. The monoisotopic (exact) mass is 390 g/mol. The molecule has 1 aromatic heterocycles. The molecule has 0 saturated carbocycles. The first-order chi connectivity index (χ1) is 13.6. The number of aromatic amines is 1. The van der Waals surface area contributed by atoms with E-state index in [0.717, 1.165) is 24.0 Å². The number of sulfone groups is 1. The number of rotatable bonds is 7. The number of para-hydroxylation sites is 1. The fraction of sp³-hybridized carbons (Fsp3) is 0.130. The zero-order valence-electron chi connectivity index (χ0n) is 15.4. The molecule has 0 bridgehead atoms. The molecule has 1 heterocycles.